The van der Waals surface area contributed by atoms with E-state index in [1.54, 1.807) is 6.08 Å². The first-order valence-electron chi connectivity index (χ1n) is 3.61. The Labute approximate surface area is 59.9 Å². The molecule has 2 heteroatoms. The number of hydrogen-bond acceptors (Lipinski definition) is 2. The van der Waals surface area contributed by atoms with Crippen LogP contribution in [0.4, 0.5) is 0 Å². The van der Waals surface area contributed by atoms with Gasteiger partial charge in [0.25, 0.3) is 0 Å². The largest absolute Gasteiger partial charge is 0.376 e. The van der Waals surface area contributed by atoms with Crippen molar-refractivity contribution < 1.29 is 9.53 Å². The Morgan fingerprint density at radius 1 is 1.70 bits per heavy atom. The van der Waals surface area contributed by atoms with Gasteiger partial charge in [-0.3, -0.25) is 4.79 Å². The average Bonchev–Trinajstić information content (AvgIpc) is 2.41. The molecule has 1 heterocycles. The summed E-state index contributed by atoms with van der Waals surface area (Å²) < 4.78 is 5.21. The van der Waals surface area contributed by atoms with E-state index in [1.807, 2.05) is 6.92 Å². The van der Waals surface area contributed by atoms with Crippen LogP contribution in [0.15, 0.2) is 11.6 Å². The molecule has 0 aromatic carbocycles. The first kappa shape index (κ1) is 6.10. The Morgan fingerprint density at radius 2 is 2.50 bits per heavy atom. The van der Waals surface area contributed by atoms with Crippen LogP contribution < -0.4 is 0 Å². The lowest BCUT2D eigenvalue weighted by atomic mass is 9.95. The van der Waals surface area contributed by atoms with Crippen LogP contribution in [0.3, 0.4) is 0 Å². The number of ketones is 1. The lowest BCUT2D eigenvalue weighted by Crippen LogP contribution is -2.13. The second-order valence-corrected chi connectivity index (χ2v) is 3.03. The molecule has 0 N–H and O–H groups in total. The molecule has 0 saturated carbocycles. The van der Waals surface area contributed by atoms with Crippen molar-refractivity contribution in [2.75, 3.05) is 13.2 Å². The third kappa shape index (κ3) is 0.655. The van der Waals surface area contributed by atoms with Crippen LogP contribution in [0.2, 0.25) is 0 Å². The Kier molecular flexibility index (Phi) is 1.17. The fourth-order valence-electron chi connectivity index (χ4n) is 1.64. The molecule has 0 aromatic rings. The van der Waals surface area contributed by atoms with Gasteiger partial charge in [-0.15, -0.1) is 0 Å². The molecule has 1 fully saturated rings. The van der Waals surface area contributed by atoms with Crippen molar-refractivity contribution in [3.8, 4) is 0 Å². The van der Waals surface area contributed by atoms with Crippen LogP contribution in [-0.2, 0) is 9.53 Å². The summed E-state index contributed by atoms with van der Waals surface area (Å²) in [6.45, 7) is 3.41. The number of fused-ring (bicyclic) bond motifs is 1. The van der Waals surface area contributed by atoms with E-state index in [0.717, 1.165) is 6.61 Å². The van der Waals surface area contributed by atoms with E-state index in [1.165, 1.54) is 5.57 Å². The molecule has 0 radical (unpaired) electrons. The van der Waals surface area contributed by atoms with Crippen molar-refractivity contribution in [2.45, 2.75) is 6.92 Å². The summed E-state index contributed by atoms with van der Waals surface area (Å²) in [5, 5.41) is 0. The molecule has 1 aliphatic carbocycles. The molecule has 1 saturated heterocycles. The molecule has 10 heavy (non-hydrogen) atoms. The molecule has 1 aliphatic heterocycles. The highest BCUT2D eigenvalue weighted by Crippen LogP contribution is 2.33. The summed E-state index contributed by atoms with van der Waals surface area (Å²) >= 11 is 0. The number of carbonyl (C=O) groups is 1. The van der Waals surface area contributed by atoms with E-state index >= 15 is 0 Å². The van der Waals surface area contributed by atoms with Crippen molar-refractivity contribution in [2.24, 2.45) is 11.8 Å². The topological polar surface area (TPSA) is 26.3 Å². The second kappa shape index (κ2) is 1.92. The van der Waals surface area contributed by atoms with E-state index < -0.39 is 0 Å². The van der Waals surface area contributed by atoms with Crippen LogP contribution in [-0.4, -0.2) is 19.0 Å². The van der Waals surface area contributed by atoms with Crippen molar-refractivity contribution in [3.63, 3.8) is 0 Å². The minimum atomic E-state index is 0.178. The minimum absolute atomic E-state index is 0.178. The minimum Gasteiger partial charge on any atom is -0.376 e. The highest BCUT2D eigenvalue weighted by atomic mass is 16.5. The van der Waals surface area contributed by atoms with Gasteiger partial charge in [-0.1, -0.05) is 6.92 Å². The predicted molar refractivity (Wildman–Crippen MR) is 36.6 cm³/mol. The number of hydrogen-bond donors (Lipinski definition) is 0. The summed E-state index contributed by atoms with van der Waals surface area (Å²) in [6, 6.07) is 0. The van der Waals surface area contributed by atoms with Gasteiger partial charge in [0.15, 0.2) is 5.78 Å². The van der Waals surface area contributed by atoms with Crippen molar-refractivity contribution in [1.29, 1.82) is 0 Å². The maximum Gasteiger partial charge on any atom is 0.159 e. The van der Waals surface area contributed by atoms with E-state index in [9.17, 15) is 4.79 Å². The van der Waals surface area contributed by atoms with Crippen LogP contribution in [0, 0.1) is 11.8 Å². The molecule has 54 valence electrons. The zero-order valence-corrected chi connectivity index (χ0v) is 5.96. The third-order valence-corrected chi connectivity index (χ3v) is 2.42. The molecule has 2 atom stereocenters. The van der Waals surface area contributed by atoms with E-state index in [-0.39, 0.29) is 11.7 Å². The first-order valence-corrected chi connectivity index (χ1v) is 3.61. The molecule has 0 spiro atoms. The van der Waals surface area contributed by atoms with Gasteiger partial charge < -0.3 is 4.74 Å². The molecular formula is C8H10O2. The van der Waals surface area contributed by atoms with Crippen LogP contribution >= 0.6 is 0 Å². The van der Waals surface area contributed by atoms with Gasteiger partial charge in [0.1, 0.15) is 0 Å². The van der Waals surface area contributed by atoms with Crippen LogP contribution in [0.1, 0.15) is 6.92 Å². The van der Waals surface area contributed by atoms with Gasteiger partial charge in [-0.05, 0) is 11.6 Å². The summed E-state index contributed by atoms with van der Waals surface area (Å²) in [4.78, 5) is 11.1. The van der Waals surface area contributed by atoms with Crippen molar-refractivity contribution in [3.05, 3.63) is 11.6 Å². The predicted octanol–water partition coefficient (Wildman–Crippen LogP) is 0.778. The summed E-state index contributed by atoms with van der Waals surface area (Å²) in [5.41, 5.74) is 1.21. The van der Waals surface area contributed by atoms with Gasteiger partial charge in [-0.25, -0.2) is 0 Å². The maximum atomic E-state index is 11.1. The molecule has 2 rings (SSSR count). The highest BCUT2D eigenvalue weighted by molar-refractivity contribution is 5.95. The summed E-state index contributed by atoms with van der Waals surface area (Å²) in [5.74, 6) is 0.869. The SMILES string of the molecule is CC1C(=O)C=C2COCC21. The molecular weight excluding hydrogens is 128 g/mol. The molecule has 0 bridgehead atoms. The zero-order valence-electron chi connectivity index (χ0n) is 5.96. The van der Waals surface area contributed by atoms with E-state index in [0.29, 0.717) is 12.5 Å². The van der Waals surface area contributed by atoms with Gasteiger partial charge in [0.05, 0.1) is 13.2 Å². The van der Waals surface area contributed by atoms with Gasteiger partial charge in [0, 0.05) is 11.8 Å². The maximum absolute atomic E-state index is 11.1. The third-order valence-electron chi connectivity index (χ3n) is 2.42. The fraction of sp³-hybridized carbons (Fsp3) is 0.625. The quantitative estimate of drug-likeness (QED) is 0.494. The van der Waals surface area contributed by atoms with Gasteiger partial charge >= 0.3 is 0 Å². The monoisotopic (exact) mass is 138 g/mol. The van der Waals surface area contributed by atoms with Crippen LogP contribution in [0.5, 0.6) is 0 Å². The smallest absolute Gasteiger partial charge is 0.159 e. The number of ether oxygens (including phenoxy) is 1. The molecule has 2 aliphatic rings. The average molecular weight is 138 g/mol. The standard InChI is InChI=1S/C8H10O2/c1-5-7-4-10-3-6(7)2-8(5)9/h2,5,7H,3-4H2,1H3. The molecule has 0 amide bonds. The van der Waals surface area contributed by atoms with Crippen molar-refractivity contribution >= 4 is 5.78 Å². The Bertz CT molecular complexity index is 205. The lowest BCUT2D eigenvalue weighted by molar-refractivity contribution is -0.118. The van der Waals surface area contributed by atoms with Crippen molar-refractivity contribution in [1.82, 2.24) is 0 Å². The van der Waals surface area contributed by atoms with E-state index in [4.69, 9.17) is 4.74 Å². The normalized spacial score (nSPS) is 38.1. The highest BCUT2D eigenvalue weighted by Gasteiger charge is 2.36. The molecule has 2 unspecified atom stereocenters. The Balaban J connectivity index is 2.30. The van der Waals surface area contributed by atoms with Crippen LogP contribution in [0.25, 0.3) is 0 Å². The Hall–Kier alpha value is -0.630. The first-order chi connectivity index (χ1) is 4.79. The fourth-order valence-corrected chi connectivity index (χ4v) is 1.64. The lowest BCUT2D eigenvalue weighted by Gasteiger charge is -2.07. The molecule has 2 nitrogen and oxygen atoms in total. The number of allylic oxidation sites excluding steroid dienone is 1. The van der Waals surface area contributed by atoms with Gasteiger partial charge in [0.2, 0.25) is 0 Å². The molecule has 0 aromatic heterocycles. The summed E-state index contributed by atoms with van der Waals surface area (Å²) in [6.07, 6.45) is 1.75. The number of carbonyl (C=O) groups excluding carboxylic acids is 1. The number of rotatable bonds is 0. The Morgan fingerprint density at radius 3 is 3.20 bits per heavy atom. The second-order valence-electron chi connectivity index (χ2n) is 3.03. The summed E-state index contributed by atoms with van der Waals surface area (Å²) in [7, 11) is 0. The zero-order chi connectivity index (χ0) is 7.14. The van der Waals surface area contributed by atoms with Gasteiger partial charge in [-0.2, -0.15) is 0 Å². The van der Waals surface area contributed by atoms with E-state index in [2.05, 4.69) is 0 Å².